The predicted molar refractivity (Wildman–Crippen MR) is 152 cm³/mol. The number of aromatic nitrogens is 2. The summed E-state index contributed by atoms with van der Waals surface area (Å²) in [5.74, 6) is 1.22. The van der Waals surface area contributed by atoms with E-state index in [1.807, 2.05) is 12.1 Å². The summed E-state index contributed by atoms with van der Waals surface area (Å²) >= 11 is 6.37. The number of benzene rings is 2. The fourth-order valence-corrected chi connectivity index (χ4v) is 5.03. The van der Waals surface area contributed by atoms with Gasteiger partial charge in [0.1, 0.15) is 26.4 Å². The van der Waals surface area contributed by atoms with Crippen LogP contribution in [-0.4, -0.2) is 75.1 Å². The van der Waals surface area contributed by atoms with Crippen LogP contribution in [0.15, 0.2) is 36.5 Å². The van der Waals surface area contributed by atoms with Crippen molar-refractivity contribution in [2.45, 2.75) is 12.8 Å². The van der Waals surface area contributed by atoms with E-state index in [0.717, 1.165) is 37.1 Å². The highest BCUT2D eigenvalue weighted by molar-refractivity contribution is 7.90. The molecule has 13 heteroatoms. The molecule has 0 aliphatic carbocycles. The Morgan fingerprint density at radius 2 is 1.72 bits per heavy atom. The third-order valence-corrected chi connectivity index (χ3v) is 7.63. The Kier molecular flexibility index (Phi) is 8.78. The zero-order valence-electron chi connectivity index (χ0n) is 22.0. The fraction of sp³-hybridized carbons (Fsp3) is 0.346. The number of nitrogens with two attached hydrogens (primary N) is 1. The number of nitrogens with zero attached hydrogens (tertiary/aromatic N) is 3. The lowest BCUT2D eigenvalue weighted by Gasteiger charge is -2.18. The van der Waals surface area contributed by atoms with Gasteiger partial charge < -0.3 is 30.7 Å². The van der Waals surface area contributed by atoms with E-state index >= 15 is 0 Å². The molecule has 0 fully saturated rings. The molecular weight excluding hydrogens is 544 g/mol. The molecule has 0 spiro atoms. The number of carbonyl (C=O) groups excluding carboxylic acids is 1. The molecule has 0 unspecified atom stereocenters. The first-order valence-electron chi connectivity index (χ1n) is 12.2. The van der Waals surface area contributed by atoms with Crippen LogP contribution in [0.5, 0.6) is 11.5 Å². The van der Waals surface area contributed by atoms with Crippen molar-refractivity contribution in [2.75, 3.05) is 56.5 Å². The third kappa shape index (κ3) is 7.28. The largest absolute Gasteiger partial charge is 0.495 e. The number of nitrogens with one attached hydrogen (secondary N) is 2. The van der Waals surface area contributed by atoms with E-state index in [-0.39, 0.29) is 16.7 Å². The minimum atomic E-state index is -3.02. The van der Waals surface area contributed by atoms with Gasteiger partial charge >= 0.3 is 0 Å². The van der Waals surface area contributed by atoms with Crippen molar-refractivity contribution < 1.29 is 22.7 Å². The van der Waals surface area contributed by atoms with Gasteiger partial charge in [-0.3, -0.25) is 4.79 Å². The summed E-state index contributed by atoms with van der Waals surface area (Å²) in [7, 11) is 0.0620. The van der Waals surface area contributed by atoms with E-state index in [9.17, 15) is 13.2 Å². The Morgan fingerprint density at radius 3 is 2.36 bits per heavy atom. The van der Waals surface area contributed by atoms with Crippen molar-refractivity contribution in [3.8, 4) is 11.5 Å². The van der Waals surface area contributed by atoms with Crippen molar-refractivity contribution in [1.82, 2.24) is 14.9 Å². The predicted octanol–water partition coefficient (Wildman–Crippen LogP) is 3.18. The molecule has 0 atom stereocenters. The molecule has 2 aromatic carbocycles. The van der Waals surface area contributed by atoms with Gasteiger partial charge in [-0.05, 0) is 54.3 Å². The second-order valence-corrected chi connectivity index (χ2v) is 11.9. The van der Waals surface area contributed by atoms with Crippen molar-refractivity contribution in [3.05, 3.63) is 58.2 Å². The average Bonchev–Trinajstić information content (AvgIpc) is 3.10. The minimum Gasteiger partial charge on any atom is -0.495 e. The van der Waals surface area contributed by atoms with Gasteiger partial charge in [0.15, 0.2) is 5.82 Å². The normalized spacial score (nSPS) is 13.7. The molecule has 1 aromatic heterocycles. The third-order valence-electron chi connectivity index (χ3n) is 6.42. The molecule has 1 aliphatic heterocycles. The number of ether oxygens (including phenoxy) is 2. The van der Waals surface area contributed by atoms with Crippen LogP contribution in [0, 0.1) is 0 Å². The molecule has 2 heterocycles. The molecule has 11 nitrogen and oxygen atoms in total. The number of anilines is 4. The monoisotopic (exact) mass is 574 g/mol. The molecule has 1 amide bonds. The number of primary amides is 1. The van der Waals surface area contributed by atoms with Gasteiger partial charge in [0, 0.05) is 31.5 Å². The molecular formula is C26H31ClN6O5S. The smallest absolute Gasteiger partial charge is 0.248 e. The van der Waals surface area contributed by atoms with Crippen LogP contribution in [0.25, 0.3) is 0 Å². The van der Waals surface area contributed by atoms with Crippen molar-refractivity contribution in [1.29, 1.82) is 0 Å². The van der Waals surface area contributed by atoms with E-state index in [4.69, 9.17) is 26.8 Å². The molecule has 39 heavy (non-hydrogen) atoms. The van der Waals surface area contributed by atoms with Crippen LogP contribution in [0.4, 0.5) is 23.1 Å². The Hall–Kier alpha value is -3.61. The second kappa shape index (κ2) is 12.1. The number of hydrogen-bond acceptors (Lipinski definition) is 10. The van der Waals surface area contributed by atoms with Gasteiger partial charge in [-0.1, -0.05) is 11.6 Å². The van der Waals surface area contributed by atoms with Crippen molar-refractivity contribution >= 4 is 50.5 Å². The number of hydrogen-bond donors (Lipinski definition) is 3. The first-order chi connectivity index (χ1) is 18.6. The molecule has 4 N–H and O–H groups in total. The Bertz CT molecular complexity index is 1480. The summed E-state index contributed by atoms with van der Waals surface area (Å²) in [4.78, 5) is 22.5. The van der Waals surface area contributed by atoms with Gasteiger partial charge in [0.25, 0.3) is 0 Å². The average molecular weight is 575 g/mol. The lowest BCUT2D eigenvalue weighted by molar-refractivity contribution is 0.1000. The van der Waals surface area contributed by atoms with Gasteiger partial charge in [-0.2, -0.15) is 4.98 Å². The summed E-state index contributed by atoms with van der Waals surface area (Å²) in [6.45, 7) is 2.05. The molecule has 0 saturated carbocycles. The van der Waals surface area contributed by atoms with Crippen LogP contribution in [0.1, 0.15) is 21.5 Å². The van der Waals surface area contributed by atoms with E-state index in [0.29, 0.717) is 40.8 Å². The highest BCUT2D eigenvalue weighted by atomic mass is 35.5. The standard InChI is InChI=1S/C26H31ClN6O5S/c1-37-22-14-18(24(28)34)4-5-20(22)30-25-19(27)15-29-26(32-25)31-21-12-16-6-8-33(10-11-39(3,35)36)9-7-17(16)13-23(21)38-2/h4-5,12-15H,6-11H2,1-3H3,(H2,28,34)(H2,29,30,31,32). The molecule has 3 aromatic rings. The highest BCUT2D eigenvalue weighted by Crippen LogP contribution is 2.34. The van der Waals surface area contributed by atoms with E-state index in [1.165, 1.54) is 25.6 Å². The van der Waals surface area contributed by atoms with Crippen LogP contribution in [-0.2, 0) is 22.7 Å². The second-order valence-electron chi connectivity index (χ2n) is 9.21. The van der Waals surface area contributed by atoms with Crippen LogP contribution >= 0.6 is 11.6 Å². The summed E-state index contributed by atoms with van der Waals surface area (Å²) in [5.41, 5.74) is 9.21. The molecule has 208 valence electrons. The lowest BCUT2D eigenvalue weighted by atomic mass is 10.0. The molecule has 0 radical (unpaired) electrons. The Morgan fingerprint density at radius 1 is 1.05 bits per heavy atom. The van der Waals surface area contributed by atoms with Gasteiger partial charge in [-0.15, -0.1) is 0 Å². The van der Waals surface area contributed by atoms with E-state index in [2.05, 4.69) is 25.5 Å². The summed E-state index contributed by atoms with van der Waals surface area (Å²) < 4.78 is 34.2. The van der Waals surface area contributed by atoms with E-state index in [1.54, 1.807) is 19.2 Å². The van der Waals surface area contributed by atoms with Gasteiger partial charge in [0.05, 0.1) is 37.5 Å². The maximum Gasteiger partial charge on any atom is 0.248 e. The number of carbonyl (C=O) groups is 1. The number of fused-ring (bicyclic) bond motifs is 1. The maximum atomic E-state index is 11.6. The fourth-order valence-electron chi connectivity index (χ4n) is 4.30. The first-order valence-corrected chi connectivity index (χ1v) is 14.6. The number of rotatable bonds is 10. The van der Waals surface area contributed by atoms with Crippen LogP contribution in [0.3, 0.4) is 0 Å². The summed E-state index contributed by atoms with van der Waals surface area (Å²) in [6, 6.07) is 8.77. The topological polar surface area (TPSA) is 149 Å². The quantitative estimate of drug-likeness (QED) is 0.329. The number of methoxy groups -OCH3 is 2. The summed E-state index contributed by atoms with van der Waals surface area (Å²) in [5, 5.41) is 6.63. The van der Waals surface area contributed by atoms with Gasteiger partial charge in [-0.25, -0.2) is 13.4 Å². The Balaban J connectivity index is 1.55. The SMILES string of the molecule is COc1cc2c(cc1Nc1ncc(Cl)c(Nc3ccc(C(N)=O)cc3OC)n1)CCN(CCS(C)(=O)=O)CC2. The highest BCUT2D eigenvalue weighted by Gasteiger charge is 2.19. The van der Waals surface area contributed by atoms with E-state index < -0.39 is 15.7 Å². The first kappa shape index (κ1) is 28.4. The molecule has 1 aliphatic rings. The molecule has 0 bridgehead atoms. The molecule has 4 rings (SSSR count). The maximum absolute atomic E-state index is 11.6. The summed E-state index contributed by atoms with van der Waals surface area (Å²) in [6.07, 6.45) is 4.29. The van der Waals surface area contributed by atoms with Gasteiger partial charge in [0.2, 0.25) is 11.9 Å². The number of halogens is 1. The van der Waals surface area contributed by atoms with Crippen molar-refractivity contribution in [3.63, 3.8) is 0 Å². The van der Waals surface area contributed by atoms with Crippen LogP contribution in [0.2, 0.25) is 5.02 Å². The van der Waals surface area contributed by atoms with Crippen molar-refractivity contribution in [2.24, 2.45) is 5.73 Å². The number of amides is 1. The zero-order chi connectivity index (χ0) is 28.2. The zero-order valence-corrected chi connectivity index (χ0v) is 23.5. The lowest BCUT2D eigenvalue weighted by Crippen LogP contribution is -2.31. The minimum absolute atomic E-state index is 0.144. The number of sulfone groups is 1. The Labute approximate surface area is 232 Å². The van der Waals surface area contributed by atoms with Crippen LogP contribution < -0.4 is 25.8 Å². The molecule has 0 saturated heterocycles.